The van der Waals surface area contributed by atoms with Gasteiger partial charge in [-0.25, -0.2) is 0 Å². The van der Waals surface area contributed by atoms with Crippen LogP contribution in [0.2, 0.25) is 0 Å². The van der Waals surface area contributed by atoms with Crippen LogP contribution >= 0.6 is 0 Å². The van der Waals surface area contributed by atoms with Gasteiger partial charge in [0.25, 0.3) is 5.91 Å². The van der Waals surface area contributed by atoms with Gasteiger partial charge in [0, 0.05) is 12.1 Å². The number of hydrogen-bond donors (Lipinski definition) is 1. The highest BCUT2D eigenvalue weighted by atomic mass is 16.2. The van der Waals surface area contributed by atoms with Crippen LogP contribution in [0.5, 0.6) is 0 Å². The minimum Gasteiger partial charge on any atom is -0.344 e. The van der Waals surface area contributed by atoms with Gasteiger partial charge >= 0.3 is 0 Å². The monoisotopic (exact) mass is 295 g/mol. The Kier molecular flexibility index (Phi) is 4.52. The second-order valence-electron chi connectivity index (χ2n) is 5.94. The molecule has 0 spiro atoms. The molecule has 0 saturated carbocycles. The Morgan fingerprint density at radius 3 is 2.77 bits per heavy atom. The van der Waals surface area contributed by atoms with Crippen molar-refractivity contribution in [1.29, 1.82) is 0 Å². The second-order valence-corrected chi connectivity index (χ2v) is 5.94. The van der Waals surface area contributed by atoms with Crippen LogP contribution in [0.4, 0.5) is 0 Å². The number of rotatable bonds is 4. The molecule has 0 fully saturated rings. The highest BCUT2D eigenvalue weighted by Gasteiger charge is 2.22. The van der Waals surface area contributed by atoms with Crippen LogP contribution < -0.4 is 9.88 Å². The average molecular weight is 295 g/mol. The van der Waals surface area contributed by atoms with Crippen LogP contribution in [0.15, 0.2) is 48.8 Å². The molecule has 3 rings (SSSR count). The predicted molar refractivity (Wildman–Crippen MR) is 86.3 cm³/mol. The van der Waals surface area contributed by atoms with Gasteiger partial charge in [0.05, 0.1) is 6.04 Å². The van der Waals surface area contributed by atoms with Gasteiger partial charge in [-0.05, 0) is 42.4 Å². The summed E-state index contributed by atoms with van der Waals surface area (Å²) in [5.41, 5.74) is 3.95. The quantitative estimate of drug-likeness (QED) is 0.864. The summed E-state index contributed by atoms with van der Waals surface area (Å²) in [6.45, 7) is 2.51. The summed E-state index contributed by atoms with van der Waals surface area (Å²) in [7, 11) is 0. The fourth-order valence-electron chi connectivity index (χ4n) is 3.14. The van der Waals surface area contributed by atoms with E-state index in [9.17, 15) is 4.79 Å². The molecule has 3 heteroatoms. The van der Waals surface area contributed by atoms with Gasteiger partial charge in [0.2, 0.25) is 6.54 Å². The first-order valence-electron chi connectivity index (χ1n) is 8.11. The van der Waals surface area contributed by atoms with E-state index in [1.807, 2.05) is 17.0 Å². The number of nitrogens with zero attached hydrogens (tertiary/aromatic N) is 1. The third-order valence-electron chi connectivity index (χ3n) is 4.40. The Labute approximate surface area is 132 Å². The van der Waals surface area contributed by atoms with Crippen molar-refractivity contribution in [3.63, 3.8) is 0 Å². The average Bonchev–Trinajstić information content (AvgIpc) is 2.56. The lowest BCUT2D eigenvalue weighted by atomic mass is 9.88. The SMILES string of the molecule is CCc1cc[n+](CC(=O)N[C@@H]2CCCc3ccccc32)cc1. The summed E-state index contributed by atoms with van der Waals surface area (Å²) in [4.78, 5) is 12.3. The zero-order chi connectivity index (χ0) is 15.4. The number of benzene rings is 1. The zero-order valence-corrected chi connectivity index (χ0v) is 13.1. The fraction of sp³-hybridized carbons (Fsp3) is 0.368. The summed E-state index contributed by atoms with van der Waals surface area (Å²) < 4.78 is 1.93. The van der Waals surface area contributed by atoms with Gasteiger partial charge < -0.3 is 5.32 Å². The number of nitrogens with one attached hydrogen (secondary N) is 1. The summed E-state index contributed by atoms with van der Waals surface area (Å²) in [6, 6.07) is 12.8. The van der Waals surface area contributed by atoms with E-state index in [-0.39, 0.29) is 11.9 Å². The third kappa shape index (κ3) is 3.35. The van der Waals surface area contributed by atoms with Crippen LogP contribution in [-0.2, 0) is 24.2 Å². The first-order chi connectivity index (χ1) is 10.8. The molecule has 0 saturated heterocycles. The first-order valence-corrected chi connectivity index (χ1v) is 8.11. The number of fused-ring (bicyclic) bond motifs is 1. The molecule has 1 N–H and O–H groups in total. The van der Waals surface area contributed by atoms with Gasteiger partial charge in [-0.1, -0.05) is 31.2 Å². The molecule has 1 heterocycles. The number of carbonyl (C=O) groups excluding carboxylic acids is 1. The maximum Gasteiger partial charge on any atom is 0.286 e. The molecule has 0 unspecified atom stereocenters. The Balaban J connectivity index is 1.65. The number of aromatic nitrogens is 1. The van der Waals surface area contributed by atoms with E-state index in [2.05, 4.69) is 48.6 Å². The van der Waals surface area contributed by atoms with Gasteiger partial charge in [-0.15, -0.1) is 0 Å². The standard InChI is InChI=1S/C19H22N2O/c1-2-15-10-12-21(13-11-15)14-19(22)20-18-9-5-7-16-6-3-4-8-17(16)18/h3-4,6,8,10-13,18H,2,5,7,9,14H2,1H3/p+1/t18-/m1/s1. The van der Waals surface area contributed by atoms with E-state index in [1.165, 1.54) is 16.7 Å². The molecule has 1 aromatic heterocycles. The third-order valence-corrected chi connectivity index (χ3v) is 4.40. The molecule has 0 radical (unpaired) electrons. The van der Waals surface area contributed by atoms with Gasteiger partial charge in [-0.3, -0.25) is 4.79 Å². The molecule has 1 aliphatic carbocycles. The first kappa shape index (κ1) is 14.8. The second kappa shape index (κ2) is 6.73. The molecule has 2 aromatic rings. The van der Waals surface area contributed by atoms with Crippen molar-refractivity contribution in [3.05, 3.63) is 65.5 Å². The molecule has 1 aromatic carbocycles. The van der Waals surface area contributed by atoms with E-state index in [0.29, 0.717) is 6.54 Å². The Hall–Kier alpha value is -2.16. The number of pyridine rings is 1. The lowest BCUT2D eigenvalue weighted by molar-refractivity contribution is -0.684. The van der Waals surface area contributed by atoms with Crippen LogP contribution in [0.1, 0.15) is 42.5 Å². The summed E-state index contributed by atoms with van der Waals surface area (Å²) in [6.07, 6.45) is 8.27. The van der Waals surface area contributed by atoms with Crippen LogP contribution in [0.3, 0.4) is 0 Å². The van der Waals surface area contributed by atoms with Gasteiger partial charge in [-0.2, -0.15) is 4.57 Å². The summed E-state index contributed by atoms with van der Waals surface area (Å²) >= 11 is 0. The van der Waals surface area contributed by atoms with Gasteiger partial charge in [0.1, 0.15) is 0 Å². The highest BCUT2D eigenvalue weighted by molar-refractivity contribution is 5.75. The summed E-state index contributed by atoms with van der Waals surface area (Å²) in [5.74, 6) is 0.0796. The topological polar surface area (TPSA) is 33.0 Å². The minimum atomic E-state index is 0.0796. The van der Waals surface area contributed by atoms with Crippen molar-refractivity contribution < 1.29 is 9.36 Å². The Bertz CT molecular complexity index is 649. The van der Waals surface area contributed by atoms with Crippen molar-refractivity contribution in [3.8, 4) is 0 Å². The summed E-state index contributed by atoms with van der Waals surface area (Å²) in [5, 5.41) is 3.19. The van der Waals surface area contributed by atoms with E-state index >= 15 is 0 Å². The normalized spacial score (nSPS) is 16.9. The lowest BCUT2D eigenvalue weighted by Crippen LogP contribution is -2.43. The van der Waals surface area contributed by atoms with Crippen molar-refractivity contribution in [2.45, 2.75) is 45.2 Å². The predicted octanol–water partition coefficient (Wildman–Crippen LogP) is 2.73. The zero-order valence-electron chi connectivity index (χ0n) is 13.1. The van der Waals surface area contributed by atoms with Crippen LogP contribution in [0.25, 0.3) is 0 Å². The molecular weight excluding hydrogens is 272 g/mol. The minimum absolute atomic E-state index is 0.0796. The smallest absolute Gasteiger partial charge is 0.286 e. The molecule has 0 aliphatic heterocycles. The van der Waals surface area contributed by atoms with Crippen molar-refractivity contribution in [2.75, 3.05) is 0 Å². The number of carbonyl (C=O) groups is 1. The maximum atomic E-state index is 12.3. The Morgan fingerprint density at radius 1 is 1.23 bits per heavy atom. The van der Waals surface area contributed by atoms with Crippen LogP contribution in [0, 0.1) is 0 Å². The number of hydrogen-bond acceptors (Lipinski definition) is 1. The number of aryl methyl sites for hydroxylation is 2. The highest BCUT2D eigenvalue weighted by Crippen LogP contribution is 2.29. The molecule has 22 heavy (non-hydrogen) atoms. The molecule has 3 nitrogen and oxygen atoms in total. The number of amides is 1. The lowest BCUT2D eigenvalue weighted by Gasteiger charge is -2.25. The molecule has 0 bridgehead atoms. The van der Waals surface area contributed by atoms with Crippen molar-refractivity contribution in [1.82, 2.24) is 5.32 Å². The molecule has 114 valence electrons. The van der Waals surface area contributed by atoms with E-state index in [0.717, 1.165) is 25.7 Å². The molecule has 1 atom stereocenters. The fourth-order valence-corrected chi connectivity index (χ4v) is 3.14. The molecule has 1 aliphatic rings. The van der Waals surface area contributed by atoms with Crippen molar-refractivity contribution in [2.24, 2.45) is 0 Å². The maximum absolute atomic E-state index is 12.3. The van der Waals surface area contributed by atoms with E-state index < -0.39 is 0 Å². The Morgan fingerprint density at radius 2 is 2.00 bits per heavy atom. The van der Waals surface area contributed by atoms with Crippen molar-refractivity contribution >= 4 is 5.91 Å². The van der Waals surface area contributed by atoms with E-state index in [1.54, 1.807) is 0 Å². The van der Waals surface area contributed by atoms with Crippen LogP contribution in [-0.4, -0.2) is 5.91 Å². The largest absolute Gasteiger partial charge is 0.344 e. The molecular formula is C19H23N2O+. The van der Waals surface area contributed by atoms with Gasteiger partial charge in [0.15, 0.2) is 12.4 Å². The van der Waals surface area contributed by atoms with E-state index in [4.69, 9.17) is 0 Å². The molecule has 1 amide bonds.